The summed E-state index contributed by atoms with van der Waals surface area (Å²) in [7, 11) is -3.73. The molecule has 0 aliphatic carbocycles. The van der Waals surface area contributed by atoms with Gasteiger partial charge < -0.3 is 10.2 Å². The first kappa shape index (κ1) is 23.9. The Bertz CT molecular complexity index is 1420. The Morgan fingerprint density at radius 3 is 2.42 bits per heavy atom. The van der Waals surface area contributed by atoms with Crippen LogP contribution in [0.3, 0.4) is 0 Å². The van der Waals surface area contributed by atoms with E-state index in [-0.39, 0.29) is 16.7 Å². The minimum Gasteiger partial charge on any atom is -0.356 e. The van der Waals surface area contributed by atoms with Gasteiger partial charge in [0.2, 0.25) is 5.91 Å². The lowest BCUT2D eigenvalue weighted by atomic mass is 9.95. The van der Waals surface area contributed by atoms with Crippen molar-refractivity contribution in [2.75, 3.05) is 28.0 Å². The van der Waals surface area contributed by atoms with E-state index in [1.54, 1.807) is 23.8 Å². The average Bonchev–Trinajstić information content (AvgIpc) is 3.42. The summed E-state index contributed by atoms with van der Waals surface area (Å²) in [6, 6.07) is 18.1. The van der Waals surface area contributed by atoms with E-state index < -0.39 is 10.0 Å². The number of carbonyl (C=O) groups excluding carboxylic acids is 1. The third-order valence-corrected chi connectivity index (χ3v) is 8.17. The molecule has 2 aromatic heterocycles. The number of hydrogen-bond donors (Lipinski definition) is 2. The van der Waals surface area contributed by atoms with E-state index in [0.717, 1.165) is 17.1 Å². The third kappa shape index (κ3) is 5.52. The van der Waals surface area contributed by atoms with Gasteiger partial charge in [-0.15, -0.1) is 11.3 Å². The molecule has 1 fully saturated rings. The van der Waals surface area contributed by atoms with Crippen LogP contribution in [0.2, 0.25) is 0 Å². The van der Waals surface area contributed by atoms with Crippen molar-refractivity contribution < 1.29 is 13.2 Å². The number of carbonyl (C=O) groups is 1. The quantitative estimate of drug-likeness (QED) is 0.374. The average molecular weight is 521 g/mol. The molecule has 2 N–H and O–H groups in total. The molecule has 4 aromatic rings. The number of aromatic nitrogens is 3. The van der Waals surface area contributed by atoms with Crippen LogP contribution in [0.4, 0.5) is 16.6 Å². The molecular weight excluding hydrogens is 496 g/mol. The van der Waals surface area contributed by atoms with Crippen LogP contribution in [-0.2, 0) is 14.8 Å². The van der Waals surface area contributed by atoms with Crippen LogP contribution in [0.1, 0.15) is 12.8 Å². The van der Waals surface area contributed by atoms with E-state index in [9.17, 15) is 13.2 Å². The molecule has 0 bridgehead atoms. The van der Waals surface area contributed by atoms with Gasteiger partial charge in [-0.05, 0) is 37.1 Å². The molecule has 1 aliphatic heterocycles. The van der Waals surface area contributed by atoms with Crippen molar-refractivity contribution in [2.24, 2.45) is 5.92 Å². The van der Waals surface area contributed by atoms with Crippen LogP contribution in [0, 0.1) is 5.92 Å². The Morgan fingerprint density at radius 2 is 1.72 bits per heavy atom. The predicted octanol–water partition coefficient (Wildman–Crippen LogP) is 4.26. The van der Waals surface area contributed by atoms with Gasteiger partial charge in [0, 0.05) is 47.9 Å². The normalized spacial score (nSPS) is 14.4. The van der Waals surface area contributed by atoms with Crippen LogP contribution < -0.4 is 14.9 Å². The van der Waals surface area contributed by atoms with Crippen LogP contribution in [-0.4, -0.2) is 42.4 Å². The zero-order chi connectivity index (χ0) is 25.0. The molecule has 1 aliphatic rings. The Labute approximate surface area is 213 Å². The largest absolute Gasteiger partial charge is 0.356 e. The number of thiazole rings is 1. The lowest BCUT2D eigenvalue weighted by molar-refractivity contribution is -0.120. The molecule has 3 heterocycles. The predicted molar refractivity (Wildman–Crippen MR) is 140 cm³/mol. The standard InChI is InChI=1S/C25H24N6O3S2/c32-24(29-20-6-8-21(9-7-20)36(33,34)30-25-26-12-15-35-25)19-10-13-31(14-11-19)23-16-22(27-17-28-23)18-4-2-1-3-5-18/h1-9,12,15-17,19H,10-11,13-14H2,(H,26,30)(H,29,32). The van der Waals surface area contributed by atoms with Crippen LogP contribution in [0.25, 0.3) is 11.3 Å². The maximum absolute atomic E-state index is 12.9. The smallest absolute Gasteiger partial charge is 0.263 e. The summed E-state index contributed by atoms with van der Waals surface area (Å²) in [5, 5.41) is 4.91. The van der Waals surface area contributed by atoms with Gasteiger partial charge in [-0.2, -0.15) is 0 Å². The second kappa shape index (κ2) is 10.4. The molecule has 2 aromatic carbocycles. The minimum atomic E-state index is -3.73. The number of amides is 1. The Hall–Kier alpha value is -3.83. The number of sulfonamides is 1. The van der Waals surface area contributed by atoms with Crippen LogP contribution in [0.15, 0.2) is 83.5 Å². The highest BCUT2D eigenvalue weighted by Gasteiger charge is 2.26. The molecule has 0 saturated carbocycles. The molecule has 0 radical (unpaired) electrons. The van der Waals surface area contributed by atoms with Crippen molar-refractivity contribution in [3.8, 4) is 11.3 Å². The Morgan fingerprint density at radius 1 is 0.972 bits per heavy atom. The summed E-state index contributed by atoms with van der Waals surface area (Å²) < 4.78 is 27.4. The van der Waals surface area contributed by atoms with Crippen molar-refractivity contribution >= 4 is 43.9 Å². The lowest BCUT2D eigenvalue weighted by Crippen LogP contribution is -2.38. The second-order valence-corrected chi connectivity index (χ2v) is 10.9. The topological polar surface area (TPSA) is 117 Å². The summed E-state index contributed by atoms with van der Waals surface area (Å²) in [4.78, 5) is 27.9. The fraction of sp³-hybridized carbons (Fsp3) is 0.200. The molecule has 0 atom stereocenters. The first-order chi connectivity index (χ1) is 17.5. The molecule has 0 spiro atoms. The van der Waals surface area contributed by atoms with Gasteiger partial charge in [-0.1, -0.05) is 30.3 Å². The van der Waals surface area contributed by atoms with E-state index in [1.165, 1.54) is 29.7 Å². The summed E-state index contributed by atoms with van der Waals surface area (Å²) in [6.07, 6.45) is 4.50. The molecular formula is C25H24N6O3S2. The number of anilines is 3. The van der Waals surface area contributed by atoms with Crippen molar-refractivity contribution in [1.82, 2.24) is 15.0 Å². The van der Waals surface area contributed by atoms with Crippen molar-refractivity contribution in [3.05, 3.63) is 78.6 Å². The Kier molecular flexibility index (Phi) is 6.92. The van der Waals surface area contributed by atoms with Crippen molar-refractivity contribution in [3.63, 3.8) is 0 Å². The number of nitrogens with one attached hydrogen (secondary N) is 2. The van der Waals surface area contributed by atoms with Gasteiger partial charge in [0.05, 0.1) is 10.6 Å². The van der Waals surface area contributed by atoms with E-state index >= 15 is 0 Å². The van der Waals surface area contributed by atoms with Gasteiger partial charge in [-0.3, -0.25) is 9.52 Å². The van der Waals surface area contributed by atoms with Gasteiger partial charge in [0.25, 0.3) is 10.0 Å². The van der Waals surface area contributed by atoms with Gasteiger partial charge in [-0.25, -0.2) is 23.4 Å². The fourth-order valence-electron chi connectivity index (χ4n) is 4.07. The number of benzene rings is 2. The number of hydrogen-bond acceptors (Lipinski definition) is 8. The summed E-state index contributed by atoms with van der Waals surface area (Å²) in [6.45, 7) is 1.42. The zero-order valence-electron chi connectivity index (χ0n) is 19.2. The molecule has 184 valence electrons. The number of nitrogens with zero attached hydrogens (tertiary/aromatic N) is 4. The van der Waals surface area contributed by atoms with E-state index in [1.807, 2.05) is 36.4 Å². The van der Waals surface area contributed by atoms with E-state index in [4.69, 9.17) is 0 Å². The minimum absolute atomic E-state index is 0.0705. The molecule has 11 heteroatoms. The van der Waals surface area contributed by atoms with Crippen LogP contribution in [0.5, 0.6) is 0 Å². The zero-order valence-corrected chi connectivity index (χ0v) is 20.9. The molecule has 1 saturated heterocycles. The van der Waals surface area contributed by atoms with Crippen LogP contribution >= 0.6 is 11.3 Å². The maximum atomic E-state index is 12.9. The first-order valence-electron chi connectivity index (χ1n) is 11.4. The molecule has 1 amide bonds. The Balaban J connectivity index is 1.17. The molecule has 9 nitrogen and oxygen atoms in total. The van der Waals surface area contributed by atoms with E-state index in [2.05, 4.69) is 29.9 Å². The molecule has 36 heavy (non-hydrogen) atoms. The van der Waals surface area contributed by atoms with Crippen molar-refractivity contribution in [2.45, 2.75) is 17.7 Å². The highest BCUT2D eigenvalue weighted by molar-refractivity contribution is 7.93. The summed E-state index contributed by atoms with van der Waals surface area (Å²) in [5.41, 5.74) is 2.46. The SMILES string of the molecule is O=C(Nc1ccc(S(=O)(=O)Nc2nccs2)cc1)C1CCN(c2cc(-c3ccccc3)ncn2)CC1. The van der Waals surface area contributed by atoms with E-state index in [0.29, 0.717) is 36.8 Å². The second-order valence-electron chi connectivity index (χ2n) is 8.35. The highest BCUT2D eigenvalue weighted by Crippen LogP contribution is 2.26. The summed E-state index contributed by atoms with van der Waals surface area (Å²) in [5.74, 6) is 0.649. The lowest BCUT2D eigenvalue weighted by Gasteiger charge is -2.32. The third-order valence-electron chi connectivity index (χ3n) is 6.00. The molecule has 0 unspecified atom stereocenters. The van der Waals surface area contributed by atoms with Gasteiger partial charge in [0.1, 0.15) is 12.1 Å². The monoisotopic (exact) mass is 520 g/mol. The van der Waals surface area contributed by atoms with Crippen molar-refractivity contribution in [1.29, 1.82) is 0 Å². The van der Waals surface area contributed by atoms with Gasteiger partial charge >= 0.3 is 0 Å². The maximum Gasteiger partial charge on any atom is 0.263 e. The fourth-order valence-corrected chi connectivity index (χ4v) is 5.86. The first-order valence-corrected chi connectivity index (χ1v) is 13.8. The summed E-state index contributed by atoms with van der Waals surface area (Å²) >= 11 is 1.20. The highest BCUT2D eigenvalue weighted by atomic mass is 32.2. The van der Waals surface area contributed by atoms with Gasteiger partial charge in [0.15, 0.2) is 5.13 Å². The number of piperidine rings is 1. The molecule has 5 rings (SSSR count). The number of rotatable bonds is 7.